The number of anilines is 1. The SMILES string of the molecule is CC1CCCC(C)N1C(=O)COc1ccc(C(=O)NN=CC=C2N(C)c3ccccc3C2(C)C)cc1. The van der Waals surface area contributed by atoms with E-state index in [0.29, 0.717) is 11.3 Å². The summed E-state index contributed by atoms with van der Waals surface area (Å²) in [6, 6.07) is 15.5. The number of rotatable bonds is 6. The molecule has 0 spiro atoms. The van der Waals surface area contributed by atoms with Gasteiger partial charge < -0.3 is 14.5 Å². The quantitative estimate of drug-likeness (QED) is 0.465. The van der Waals surface area contributed by atoms with E-state index in [1.807, 2.05) is 24.1 Å². The van der Waals surface area contributed by atoms with Gasteiger partial charge >= 0.3 is 0 Å². The van der Waals surface area contributed by atoms with Crippen LogP contribution in [0, 0.1) is 0 Å². The number of amides is 2. The monoisotopic (exact) mass is 488 g/mol. The van der Waals surface area contributed by atoms with Gasteiger partial charge in [0.15, 0.2) is 6.61 Å². The zero-order chi connectivity index (χ0) is 25.9. The zero-order valence-electron chi connectivity index (χ0n) is 21.8. The summed E-state index contributed by atoms with van der Waals surface area (Å²) in [6.45, 7) is 8.53. The number of hydrogen-bond acceptors (Lipinski definition) is 5. The molecule has 7 nitrogen and oxygen atoms in total. The first-order chi connectivity index (χ1) is 17.2. The molecule has 7 heteroatoms. The molecule has 2 aromatic rings. The van der Waals surface area contributed by atoms with E-state index in [1.165, 1.54) is 11.3 Å². The second-order valence-corrected chi connectivity index (χ2v) is 10.2. The molecular weight excluding hydrogens is 452 g/mol. The Morgan fingerprint density at radius 1 is 1.08 bits per heavy atom. The highest BCUT2D eigenvalue weighted by atomic mass is 16.5. The molecule has 36 heavy (non-hydrogen) atoms. The van der Waals surface area contributed by atoms with Crippen molar-refractivity contribution in [1.82, 2.24) is 10.3 Å². The van der Waals surface area contributed by atoms with Crippen LogP contribution < -0.4 is 15.1 Å². The average molecular weight is 489 g/mol. The fraction of sp³-hybridized carbons (Fsp3) is 0.414. The molecule has 4 rings (SSSR count). The molecular formula is C29H36N4O3. The third kappa shape index (κ3) is 5.15. The fourth-order valence-electron chi connectivity index (χ4n) is 5.41. The van der Waals surface area contributed by atoms with E-state index in [1.54, 1.807) is 30.5 Å². The number of ether oxygens (including phenoxy) is 1. The maximum absolute atomic E-state index is 12.6. The van der Waals surface area contributed by atoms with E-state index in [9.17, 15) is 9.59 Å². The molecule has 2 heterocycles. The van der Waals surface area contributed by atoms with Crippen molar-refractivity contribution in [3.05, 3.63) is 71.4 Å². The Balaban J connectivity index is 1.30. The highest BCUT2D eigenvalue weighted by Gasteiger charge is 2.37. The van der Waals surface area contributed by atoms with Crippen LogP contribution >= 0.6 is 0 Å². The summed E-state index contributed by atoms with van der Waals surface area (Å²) in [4.78, 5) is 29.2. The van der Waals surface area contributed by atoms with Gasteiger partial charge in [-0.05, 0) is 75.1 Å². The first kappa shape index (κ1) is 25.5. The van der Waals surface area contributed by atoms with Gasteiger partial charge in [-0.25, -0.2) is 5.43 Å². The number of benzene rings is 2. The normalized spacial score (nSPS) is 22.1. The molecule has 2 atom stereocenters. The number of fused-ring (bicyclic) bond motifs is 1. The first-order valence-corrected chi connectivity index (χ1v) is 12.6. The summed E-state index contributed by atoms with van der Waals surface area (Å²) >= 11 is 0. The number of nitrogens with zero attached hydrogens (tertiary/aromatic N) is 3. The Bertz CT molecular complexity index is 1160. The maximum Gasteiger partial charge on any atom is 0.271 e. The molecule has 0 saturated carbocycles. The van der Waals surface area contributed by atoms with Crippen LogP contribution in [0.2, 0.25) is 0 Å². The maximum atomic E-state index is 12.6. The van der Waals surface area contributed by atoms with Crippen LogP contribution in [0.3, 0.4) is 0 Å². The predicted molar refractivity (Wildman–Crippen MR) is 143 cm³/mol. The van der Waals surface area contributed by atoms with Crippen LogP contribution in [0.25, 0.3) is 0 Å². The minimum absolute atomic E-state index is 0.000780. The Morgan fingerprint density at radius 2 is 1.75 bits per heavy atom. The van der Waals surface area contributed by atoms with Gasteiger partial charge in [0.1, 0.15) is 5.75 Å². The van der Waals surface area contributed by atoms with Crippen LogP contribution in [-0.2, 0) is 10.2 Å². The van der Waals surface area contributed by atoms with Crippen LogP contribution in [0.1, 0.15) is 62.9 Å². The van der Waals surface area contributed by atoms with Crippen molar-refractivity contribution >= 4 is 23.7 Å². The van der Waals surface area contributed by atoms with Crippen molar-refractivity contribution in [1.29, 1.82) is 0 Å². The van der Waals surface area contributed by atoms with E-state index in [0.717, 1.165) is 25.0 Å². The molecule has 0 aromatic heterocycles. The second-order valence-electron chi connectivity index (χ2n) is 10.2. The van der Waals surface area contributed by atoms with Crippen molar-refractivity contribution in [3.63, 3.8) is 0 Å². The van der Waals surface area contributed by atoms with Gasteiger partial charge in [0.05, 0.1) is 0 Å². The standard InChI is InChI=1S/C29H36N4O3/c1-20-9-8-10-21(2)33(20)27(34)19-36-23-15-13-22(14-16-23)28(35)31-30-18-17-26-29(3,4)24-11-6-7-12-25(24)32(26)5/h6-7,11-18,20-21H,8-10,19H2,1-5H3,(H,31,35). The van der Waals surface area contributed by atoms with Gasteiger partial charge in [0.25, 0.3) is 11.8 Å². The lowest BCUT2D eigenvalue weighted by Gasteiger charge is -2.38. The zero-order valence-corrected chi connectivity index (χ0v) is 21.8. The van der Waals surface area contributed by atoms with Crippen LogP contribution in [0.5, 0.6) is 5.75 Å². The summed E-state index contributed by atoms with van der Waals surface area (Å²) in [5, 5.41) is 4.11. The number of para-hydroxylation sites is 1. The topological polar surface area (TPSA) is 74.2 Å². The summed E-state index contributed by atoms with van der Waals surface area (Å²) in [5.41, 5.74) is 6.43. The number of carbonyl (C=O) groups is 2. The van der Waals surface area contributed by atoms with Crippen molar-refractivity contribution in [2.24, 2.45) is 5.10 Å². The van der Waals surface area contributed by atoms with Crippen molar-refractivity contribution in [2.45, 2.75) is 64.5 Å². The number of allylic oxidation sites excluding steroid dienone is 2. The van der Waals surface area contributed by atoms with Gasteiger partial charge in [-0.2, -0.15) is 5.10 Å². The van der Waals surface area contributed by atoms with Crippen molar-refractivity contribution < 1.29 is 14.3 Å². The number of likely N-dealkylation sites (tertiary alicyclic amines) is 1. The molecule has 1 saturated heterocycles. The minimum atomic E-state index is -0.314. The molecule has 0 radical (unpaired) electrons. The lowest BCUT2D eigenvalue weighted by atomic mass is 9.84. The van der Waals surface area contributed by atoms with E-state index < -0.39 is 0 Å². The summed E-state index contributed by atoms with van der Waals surface area (Å²) < 4.78 is 5.70. The predicted octanol–water partition coefficient (Wildman–Crippen LogP) is 4.88. The summed E-state index contributed by atoms with van der Waals surface area (Å²) in [5.74, 6) is 0.237. The minimum Gasteiger partial charge on any atom is -0.484 e. The summed E-state index contributed by atoms with van der Waals surface area (Å²) in [7, 11) is 2.04. The number of hydrogen-bond donors (Lipinski definition) is 1. The molecule has 2 aromatic carbocycles. The molecule has 0 aliphatic carbocycles. The second kappa shape index (κ2) is 10.6. The number of carbonyl (C=O) groups excluding carboxylic acids is 2. The Morgan fingerprint density at radius 3 is 2.42 bits per heavy atom. The van der Waals surface area contributed by atoms with Gasteiger partial charge in [-0.1, -0.05) is 32.0 Å². The molecule has 190 valence electrons. The van der Waals surface area contributed by atoms with E-state index in [-0.39, 0.29) is 35.9 Å². The van der Waals surface area contributed by atoms with Crippen LogP contribution in [-0.4, -0.2) is 48.7 Å². The van der Waals surface area contributed by atoms with Gasteiger partial charge in [-0.3, -0.25) is 9.59 Å². The first-order valence-electron chi connectivity index (χ1n) is 12.6. The van der Waals surface area contributed by atoms with Crippen LogP contribution in [0.4, 0.5) is 5.69 Å². The fourth-order valence-corrected chi connectivity index (χ4v) is 5.41. The Kier molecular flexibility index (Phi) is 7.48. The van der Waals surface area contributed by atoms with E-state index >= 15 is 0 Å². The van der Waals surface area contributed by atoms with E-state index in [2.05, 4.69) is 61.3 Å². The lowest BCUT2D eigenvalue weighted by molar-refractivity contribution is -0.139. The molecule has 2 unspecified atom stereocenters. The smallest absolute Gasteiger partial charge is 0.271 e. The van der Waals surface area contributed by atoms with E-state index in [4.69, 9.17) is 4.74 Å². The molecule has 1 N–H and O–H groups in total. The highest BCUT2D eigenvalue weighted by Crippen LogP contribution is 2.46. The largest absolute Gasteiger partial charge is 0.484 e. The van der Waals surface area contributed by atoms with Crippen molar-refractivity contribution in [2.75, 3.05) is 18.6 Å². The summed E-state index contributed by atoms with van der Waals surface area (Å²) in [6.07, 6.45) is 6.76. The molecule has 2 aliphatic heterocycles. The average Bonchev–Trinajstić information content (AvgIpc) is 3.05. The third-order valence-electron chi connectivity index (χ3n) is 7.37. The van der Waals surface area contributed by atoms with Gasteiger partial charge in [0, 0.05) is 47.7 Å². The van der Waals surface area contributed by atoms with Crippen LogP contribution in [0.15, 0.2) is 65.4 Å². The van der Waals surface area contributed by atoms with Gasteiger partial charge in [-0.15, -0.1) is 0 Å². The number of nitrogens with one attached hydrogen (secondary N) is 1. The molecule has 1 fully saturated rings. The highest BCUT2D eigenvalue weighted by molar-refractivity contribution is 5.94. The Labute approximate surface area is 213 Å². The molecule has 2 aliphatic rings. The lowest BCUT2D eigenvalue weighted by Crippen LogP contribution is -2.49. The van der Waals surface area contributed by atoms with Gasteiger partial charge in [0.2, 0.25) is 0 Å². The van der Waals surface area contributed by atoms with Crippen molar-refractivity contribution in [3.8, 4) is 5.75 Å². The Hall–Kier alpha value is -3.61. The molecule has 2 amide bonds. The number of likely N-dealkylation sites (N-methyl/N-ethyl adjacent to an activating group) is 1. The number of hydrazone groups is 1. The molecule has 0 bridgehead atoms. The number of piperidine rings is 1. The third-order valence-corrected chi connectivity index (χ3v) is 7.37.